The van der Waals surface area contributed by atoms with Crippen LogP contribution >= 0.6 is 11.6 Å². The van der Waals surface area contributed by atoms with Gasteiger partial charge in [-0.1, -0.05) is 65.7 Å². The third kappa shape index (κ3) is 4.36. The van der Waals surface area contributed by atoms with E-state index in [4.69, 9.17) is 16.3 Å². The number of nitrogens with one attached hydrogen (secondary N) is 1. The van der Waals surface area contributed by atoms with Crippen molar-refractivity contribution in [3.8, 4) is 5.75 Å². The Labute approximate surface area is 174 Å². The fraction of sp³-hybridized carbons (Fsp3) is 0.120. The van der Waals surface area contributed by atoms with Crippen molar-refractivity contribution in [2.45, 2.75) is 20.1 Å². The lowest BCUT2D eigenvalue weighted by Crippen LogP contribution is -2.06. The molecule has 0 aromatic heterocycles. The molecule has 146 valence electrons. The lowest BCUT2D eigenvalue weighted by molar-refractivity contribution is 0.297. The summed E-state index contributed by atoms with van der Waals surface area (Å²) in [5, 5.41) is 6.06. The number of rotatable bonds is 6. The lowest BCUT2D eigenvalue weighted by Gasteiger charge is -2.16. The van der Waals surface area contributed by atoms with Crippen LogP contribution in [-0.4, -0.2) is 0 Å². The molecule has 0 aliphatic heterocycles. The maximum Gasteiger partial charge on any atom is 0.131 e. The van der Waals surface area contributed by atoms with E-state index in [1.165, 1.54) is 11.6 Å². The average molecular weight is 406 g/mol. The highest BCUT2D eigenvalue weighted by Crippen LogP contribution is 2.30. The van der Waals surface area contributed by atoms with Crippen LogP contribution in [0.15, 0.2) is 78.9 Å². The second-order valence-corrected chi connectivity index (χ2v) is 7.38. The van der Waals surface area contributed by atoms with Gasteiger partial charge < -0.3 is 10.1 Å². The van der Waals surface area contributed by atoms with Crippen molar-refractivity contribution >= 4 is 28.1 Å². The summed E-state index contributed by atoms with van der Waals surface area (Å²) in [4.78, 5) is 0. The van der Waals surface area contributed by atoms with Crippen LogP contribution in [0, 0.1) is 12.7 Å². The van der Waals surface area contributed by atoms with Crippen molar-refractivity contribution in [2.24, 2.45) is 0 Å². The third-order valence-corrected chi connectivity index (χ3v) is 5.31. The molecule has 0 spiro atoms. The van der Waals surface area contributed by atoms with Gasteiger partial charge in [0, 0.05) is 23.4 Å². The van der Waals surface area contributed by atoms with Crippen LogP contribution in [0.3, 0.4) is 0 Å². The molecule has 0 unspecified atom stereocenters. The summed E-state index contributed by atoms with van der Waals surface area (Å²) in [5.74, 6) is 0.347. The van der Waals surface area contributed by atoms with E-state index in [0.29, 0.717) is 22.9 Å². The second-order valence-electron chi connectivity index (χ2n) is 6.97. The quantitative estimate of drug-likeness (QED) is 0.368. The van der Waals surface area contributed by atoms with Gasteiger partial charge in [0.25, 0.3) is 0 Å². The van der Waals surface area contributed by atoms with Crippen molar-refractivity contribution in [3.63, 3.8) is 0 Å². The van der Waals surface area contributed by atoms with Crippen molar-refractivity contribution in [1.29, 1.82) is 0 Å². The number of anilines is 1. The highest BCUT2D eigenvalue weighted by Gasteiger charge is 2.12. The maximum absolute atomic E-state index is 14.1. The molecule has 4 rings (SSSR count). The smallest absolute Gasteiger partial charge is 0.131 e. The first-order chi connectivity index (χ1) is 14.1. The summed E-state index contributed by atoms with van der Waals surface area (Å²) in [6.07, 6.45) is 0. The molecule has 0 saturated carbocycles. The van der Waals surface area contributed by atoms with Gasteiger partial charge in [-0.15, -0.1) is 0 Å². The first-order valence-electron chi connectivity index (χ1n) is 9.48. The molecule has 0 aliphatic rings. The number of hydrogen-bond acceptors (Lipinski definition) is 2. The number of hydrogen-bond donors (Lipinski definition) is 1. The number of aryl methyl sites for hydroxylation is 1. The maximum atomic E-state index is 14.1. The van der Waals surface area contributed by atoms with Crippen LogP contribution in [0.2, 0.25) is 5.02 Å². The molecule has 1 N–H and O–H groups in total. The molecule has 2 nitrogen and oxygen atoms in total. The Morgan fingerprint density at radius 1 is 0.862 bits per heavy atom. The van der Waals surface area contributed by atoms with Gasteiger partial charge in [-0.05, 0) is 48.0 Å². The Balaban J connectivity index is 1.64. The molecular weight excluding hydrogens is 385 g/mol. The van der Waals surface area contributed by atoms with Crippen molar-refractivity contribution in [1.82, 2.24) is 0 Å². The van der Waals surface area contributed by atoms with E-state index in [9.17, 15) is 4.39 Å². The van der Waals surface area contributed by atoms with Gasteiger partial charge in [-0.3, -0.25) is 0 Å². The summed E-state index contributed by atoms with van der Waals surface area (Å²) in [5.41, 5.74) is 3.63. The Kier molecular flexibility index (Phi) is 5.68. The van der Waals surface area contributed by atoms with Crippen LogP contribution in [0.25, 0.3) is 10.8 Å². The Morgan fingerprint density at radius 3 is 2.45 bits per heavy atom. The van der Waals surface area contributed by atoms with E-state index in [0.717, 1.165) is 22.0 Å². The van der Waals surface area contributed by atoms with Gasteiger partial charge in [0.05, 0.1) is 5.02 Å². The van der Waals surface area contributed by atoms with E-state index in [1.807, 2.05) is 24.3 Å². The minimum Gasteiger partial charge on any atom is -0.488 e. The molecule has 4 aromatic rings. The van der Waals surface area contributed by atoms with Crippen molar-refractivity contribution in [3.05, 3.63) is 106 Å². The molecular formula is C25H21ClFNO. The minimum absolute atomic E-state index is 0.0708. The van der Waals surface area contributed by atoms with Crippen molar-refractivity contribution < 1.29 is 9.13 Å². The normalized spacial score (nSPS) is 10.9. The van der Waals surface area contributed by atoms with E-state index in [-0.39, 0.29) is 12.4 Å². The highest BCUT2D eigenvalue weighted by atomic mass is 35.5. The molecule has 0 fully saturated rings. The third-order valence-electron chi connectivity index (χ3n) is 4.95. The molecule has 0 heterocycles. The van der Waals surface area contributed by atoms with Crippen LogP contribution in [0.1, 0.15) is 16.7 Å². The van der Waals surface area contributed by atoms with Gasteiger partial charge >= 0.3 is 0 Å². The fourth-order valence-corrected chi connectivity index (χ4v) is 3.53. The predicted molar refractivity (Wildman–Crippen MR) is 118 cm³/mol. The van der Waals surface area contributed by atoms with Gasteiger partial charge in [0.1, 0.15) is 18.2 Å². The molecule has 0 radical (unpaired) electrons. The summed E-state index contributed by atoms with van der Waals surface area (Å²) in [6.45, 7) is 2.72. The molecule has 0 amide bonds. The lowest BCUT2D eigenvalue weighted by atomic mass is 10.0. The standard InChI is InChI=1S/C25H21ClFNO/c1-17-9-12-19(13-10-17)28-15-21-20-6-3-2-5-18(20)11-14-25(21)29-16-22-23(26)7-4-8-24(22)27/h2-14,28H,15-16H2,1H3. The largest absolute Gasteiger partial charge is 0.488 e. The second kappa shape index (κ2) is 8.54. The minimum atomic E-state index is -0.363. The van der Waals surface area contributed by atoms with Gasteiger partial charge in [-0.2, -0.15) is 0 Å². The molecule has 0 aliphatic carbocycles. The molecule has 0 atom stereocenters. The molecule has 4 heteroatoms. The molecule has 29 heavy (non-hydrogen) atoms. The van der Waals surface area contributed by atoms with Crippen molar-refractivity contribution in [2.75, 3.05) is 5.32 Å². The Morgan fingerprint density at radius 2 is 1.66 bits per heavy atom. The predicted octanol–water partition coefficient (Wildman–Crippen LogP) is 7.13. The van der Waals surface area contributed by atoms with Gasteiger partial charge in [-0.25, -0.2) is 4.39 Å². The first-order valence-corrected chi connectivity index (χ1v) is 9.86. The molecule has 4 aromatic carbocycles. The fourth-order valence-electron chi connectivity index (χ4n) is 3.32. The summed E-state index contributed by atoms with van der Waals surface area (Å²) in [6, 6.07) is 25.0. The highest BCUT2D eigenvalue weighted by molar-refractivity contribution is 6.31. The van der Waals surface area contributed by atoms with Crippen LogP contribution in [-0.2, 0) is 13.2 Å². The van der Waals surface area contributed by atoms with E-state index in [2.05, 4.69) is 48.6 Å². The molecule has 0 saturated heterocycles. The Bertz CT molecular complexity index is 1120. The topological polar surface area (TPSA) is 21.3 Å². The summed E-state index contributed by atoms with van der Waals surface area (Å²) in [7, 11) is 0. The summed E-state index contributed by atoms with van der Waals surface area (Å²) >= 11 is 6.15. The van der Waals surface area contributed by atoms with E-state index in [1.54, 1.807) is 12.1 Å². The van der Waals surface area contributed by atoms with Crippen LogP contribution in [0.5, 0.6) is 5.75 Å². The SMILES string of the molecule is Cc1ccc(NCc2c(OCc3c(F)cccc3Cl)ccc3ccccc23)cc1. The number of halogens is 2. The van der Waals surface area contributed by atoms with Crippen LogP contribution in [0.4, 0.5) is 10.1 Å². The molecule has 0 bridgehead atoms. The Hall–Kier alpha value is -3.04. The number of ether oxygens (including phenoxy) is 1. The zero-order valence-corrected chi connectivity index (χ0v) is 16.8. The zero-order valence-electron chi connectivity index (χ0n) is 16.1. The average Bonchev–Trinajstić information content (AvgIpc) is 2.73. The summed E-state index contributed by atoms with van der Waals surface area (Å²) < 4.78 is 20.2. The monoisotopic (exact) mass is 405 g/mol. The number of fused-ring (bicyclic) bond motifs is 1. The van der Waals surface area contributed by atoms with E-state index >= 15 is 0 Å². The van der Waals surface area contributed by atoms with Crippen LogP contribution < -0.4 is 10.1 Å². The zero-order chi connectivity index (χ0) is 20.2. The van der Waals surface area contributed by atoms with E-state index < -0.39 is 0 Å². The van der Waals surface area contributed by atoms with Gasteiger partial charge in [0.2, 0.25) is 0 Å². The number of benzene rings is 4. The van der Waals surface area contributed by atoms with Gasteiger partial charge in [0.15, 0.2) is 0 Å². The first kappa shape index (κ1) is 19.3.